The fourth-order valence-electron chi connectivity index (χ4n) is 4.85. The Morgan fingerprint density at radius 2 is 2.00 bits per heavy atom. The number of piperidine rings is 1. The fraction of sp³-hybridized carbons (Fsp3) is 0.476. The summed E-state index contributed by atoms with van der Waals surface area (Å²) in [5.41, 5.74) is 9.74. The zero-order valence-corrected chi connectivity index (χ0v) is 18.5. The number of nitrogens with two attached hydrogens (primary N) is 1. The molecule has 2 saturated heterocycles. The van der Waals surface area contributed by atoms with Crippen molar-refractivity contribution >= 4 is 34.7 Å². The molecule has 0 aliphatic carbocycles. The van der Waals surface area contributed by atoms with Crippen LogP contribution in [-0.2, 0) is 4.74 Å². The summed E-state index contributed by atoms with van der Waals surface area (Å²) in [6, 6.07) is 5.67. The Kier molecular flexibility index (Phi) is 4.89. The highest BCUT2D eigenvalue weighted by Crippen LogP contribution is 2.43. The van der Waals surface area contributed by atoms with Gasteiger partial charge < -0.3 is 15.4 Å². The molecule has 2 N–H and O–H groups in total. The van der Waals surface area contributed by atoms with Gasteiger partial charge in [0.15, 0.2) is 5.82 Å². The second-order valence-electron chi connectivity index (χ2n) is 8.39. The Morgan fingerprint density at radius 3 is 2.70 bits per heavy atom. The van der Waals surface area contributed by atoms with Gasteiger partial charge in [-0.3, -0.25) is 4.40 Å². The largest absolute Gasteiger partial charge is 0.376 e. The summed E-state index contributed by atoms with van der Waals surface area (Å²) in [6.45, 7) is 6.49. The standard InChI is InChI=1S/C21H24Cl2N6O/c1-12-17(14-4-3-5-15(22)16(14)23)29-11-25-27-20(29)19(26-12)28-8-6-21(7-9-28)10-30-13(2)18(21)24/h3-5,11,13,18H,6-10,24H2,1-2H3/t13-,18+/m0/s1. The van der Waals surface area contributed by atoms with E-state index in [0.29, 0.717) is 15.7 Å². The average Bonchev–Trinajstić information content (AvgIpc) is 3.32. The van der Waals surface area contributed by atoms with Crippen molar-refractivity contribution in [3.63, 3.8) is 0 Å². The number of halogens is 2. The van der Waals surface area contributed by atoms with E-state index in [9.17, 15) is 0 Å². The van der Waals surface area contributed by atoms with Crippen molar-refractivity contribution in [2.75, 3.05) is 24.6 Å². The van der Waals surface area contributed by atoms with Crippen molar-refractivity contribution in [2.24, 2.45) is 11.1 Å². The van der Waals surface area contributed by atoms with E-state index in [0.717, 1.165) is 55.3 Å². The van der Waals surface area contributed by atoms with Gasteiger partial charge in [0, 0.05) is 30.1 Å². The van der Waals surface area contributed by atoms with E-state index in [1.54, 1.807) is 12.4 Å². The van der Waals surface area contributed by atoms with Crippen LogP contribution in [0.2, 0.25) is 10.0 Å². The molecule has 9 heteroatoms. The van der Waals surface area contributed by atoms with Gasteiger partial charge in [-0.1, -0.05) is 35.3 Å². The van der Waals surface area contributed by atoms with E-state index >= 15 is 0 Å². The van der Waals surface area contributed by atoms with E-state index in [4.69, 9.17) is 38.7 Å². The average molecular weight is 447 g/mol. The van der Waals surface area contributed by atoms with Crippen LogP contribution in [0.25, 0.3) is 16.9 Å². The maximum atomic E-state index is 6.50. The van der Waals surface area contributed by atoms with Gasteiger partial charge in [-0.15, -0.1) is 10.2 Å². The summed E-state index contributed by atoms with van der Waals surface area (Å²) in [5.74, 6) is 0.835. The van der Waals surface area contributed by atoms with E-state index < -0.39 is 0 Å². The third-order valence-electron chi connectivity index (χ3n) is 6.72. The molecule has 0 amide bonds. The topological polar surface area (TPSA) is 81.6 Å². The van der Waals surface area contributed by atoms with Crippen LogP contribution in [0.4, 0.5) is 5.82 Å². The number of ether oxygens (including phenoxy) is 1. The number of fused-ring (bicyclic) bond motifs is 1. The quantitative estimate of drug-likeness (QED) is 0.645. The van der Waals surface area contributed by atoms with Crippen LogP contribution in [0.1, 0.15) is 25.5 Å². The van der Waals surface area contributed by atoms with Gasteiger partial charge in [0.05, 0.1) is 34.1 Å². The van der Waals surface area contributed by atoms with E-state index in [2.05, 4.69) is 22.0 Å². The lowest BCUT2D eigenvalue weighted by Crippen LogP contribution is -2.50. The van der Waals surface area contributed by atoms with E-state index in [1.807, 2.05) is 23.5 Å². The predicted octanol–water partition coefficient (Wildman–Crippen LogP) is 3.74. The second kappa shape index (κ2) is 7.34. The van der Waals surface area contributed by atoms with Crippen LogP contribution in [0, 0.1) is 12.3 Å². The van der Waals surface area contributed by atoms with Crippen molar-refractivity contribution in [3.05, 3.63) is 40.3 Å². The van der Waals surface area contributed by atoms with Crippen molar-refractivity contribution in [2.45, 2.75) is 38.8 Å². The molecule has 0 unspecified atom stereocenters. The molecule has 158 valence electrons. The number of anilines is 1. The molecule has 2 aliphatic heterocycles. The highest BCUT2D eigenvalue weighted by molar-refractivity contribution is 6.43. The van der Waals surface area contributed by atoms with Crippen LogP contribution in [-0.4, -0.2) is 51.4 Å². The van der Waals surface area contributed by atoms with Crippen molar-refractivity contribution in [1.29, 1.82) is 0 Å². The maximum absolute atomic E-state index is 6.50. The Balaban J connectivity index is 1.52. The molecule has 2 aromatic heterocycles. The summed E-state index contributed by atoms with van der Waals surface area (Å²) in [5, 5.41) is 9.53. The van der Waals surface area contributed by atoms with Crippen LogP contribution in [0.5, 0.6) is 0 Å². The minimum absolute atomic E-state index is 0.0587. The Bertz CT molecular complexity index is 1110. The molecule has 1 spiro atoms. The number of benzene rings is 1. The Labute approximate surface area is 185 Å². The summed E-state index contributed by atoms with van der Waals surface area (Å²) in [6.07, 6.45) is 3.76. The summed E-state index contributed by atoms with van der Waals surface area (Å²) in [7, 11) is 0. The monoisotopic (exact) mass is 446 g/mol. The van der Waals surface area contributed by atoms with Gasteiger partial charge in [-0.25, -0.2) is 4.98 Å². The van der Waals surface area contributed by atoms with E-state index in [1.165, 1.54) is 0 Å². The van der Waals surface area contributed by atoms with Gasteiger partial charge >= 0.3 is 0 Å². The van der Waals surface area contributed by atoms with Crippen LogP contribution in [0.15, 0.2) is 24.5 Å². The lowest BCUT2D eigenvalue weighted by Gasteiger charge is -2.41. The molecule has 30 heavy (non-hydrogen) atoms. The first kappa shape index (κ1) is 20.0. The van der Waals surface area contributed by atoms with Gasteiger partial charge in [-0.2, -0.15) is 0 Å². The normalized spacial score (nSPS) is 23.6. The smallest absolute Gasteiger partial charge is 0.204 e. The fourth-order valence-corrected chi connectivity index (χ4v) is 5.24. The van der Waals surface area contributed by atoms with Crippen molar-refractivity contribution in [1.82, 2.24) is 19.6 Å². The molecule has 3 aromatic rings. The van der Waals surface area contributed by atoms with Crippen LogP contribution < -0.4 is 10.6 Å². The highest BCUT2D eigenvalue weighted by Gasteiger charge is 2.47. The third-order valence-corrected chi connectivity index (χ3v) is 7.54. The summed E-state index contributed by atoms with van der Waals surface area (Å²) < 4.78 is 7.80. The number of nitrogens with zero attached hydrogens (tertiary/aromatic N) is 5. The van der Waals surface area contributed by atoms with Gasteiger partial charge in [-0.05, 0) is 32.8 Å². The Morgan fingerprint density at radius 1 is 1.23 bits per heavy atom. The Hall–Kier alpha value is -1.93. The second-order valence-corrected chi connectivity index (χ2v) is 9.17. The molecule has 0 radical (unpaired) electrons. The van der Waals surface area contributed by atoms with Gasteiger partial charge in [0.2, 0.25) is 5.65 Å². The first-order chi connectivity index (χ1) is 14.4. The number of hydrogen-bond donors (Lipinski definition) is 1. The van der Waals surface area contributed by atoms with Gasteiger partial charge in [0.1, 0.15) is 6.33 Å². The molecule has 0 bridgehead atoms. The number of rotatable bonds is 2. The molecule has 0 saturated carbocycles. The zero-order chi connectivity index (χ0) is 21.0. The third kappa shape index (κ3) is 2.99. The molecular weight excluding hydrogens is 423 g/mol. The lowest BCUT2D eigenvalue weighted by molar-refractivity contribution is 0.0974. The summed E-state index contributed by atoms with van der Waals surface area (Å²) >= 11 is 12.8. The number of aromatic nitrogens is 4. The lowest BCUT2D eigenvalue weighted by atomic mass is 9.73. The molecule has 7 nitrogen and oxygen atoms in total. The zero-order valence-electron chi connectivity index (χ0n) is 17.0. The van der Waals surface area contributed by atoms with Crippen LogP contribution in [0.3, 0.4) is 0 Å². The van der Waals surface area contributed by atoms with Crippen molar-refractivity contribution < 1.29 is 4.74 Å². The highest BCUT2D eigenvalue weighted by atomic mass is 35.5. The SMILES string of the molecule is Cc1nc(N2CCC3(CC2)CO[C@@H](C)[C@H]3N)c2nncn2c1-c1cccc(Cl)c1Cl. The molecule has 2 fully saturated rings. The minimum Gasteiger partial charge on any atom is -0.376 e. The van der Waals surface area contributed by atoms with Crippen LogP contribution >= 0.6 is 23.2 Å². The molecule has 2 atom stereocenters. The molecule has 1 aromatic carbocycles. The molecule has 2 aliphatic rings. The first-order valence-electron chi connectivity index (χ1n) is 10.2. The molecule has 4 heterocycles. The number of hydrogen-bond acceptors (Lipinski definition) is 6. The predicted molar refractivity (Wildman–Crippen MR) is 118 cm³/mol. The van der Waals surface area contributed by atoms with E-state index in [-0.39, 0.29) is 17.6 Å². The molecular formula is C21H24Cl2N6O. The first-order valence-corrected chi connectivity index (χ1v) is 10.9. The maximum Gasteiger partial charge on any atom is 0.204 e. The number of aryl methyl sites for hydroxylation is 1. The minimum atomic E-state index is 0.0587. The van der Waals surface area contributed by atoms with Gasteiger partial charge in [0.25, 0.3) is 0 Å². The summed E-state index contributed by atoms with van der Waals surface area (Å²) in [4.78, 5) is 7.21. The van der Waals surface area contributed by atoms with Crippen molar-refractivity contribution in [3.8, 4) is 11.3 Å². The molecule has 5 rings (SSSR count).